The second-order valence-electron chi connectivity index (χ2n) is 6.30. The zero-order valence-electron chi connectivity index (χ0n) is 14.2. The largest absolute Gasteiger partial charge is 0.872 e. The zero-order chi connectivity index (χ0) is 18.3. The molecule has 2 aromatic rings. The van der Waals surface area contributed by atoms with E-state index in [-0.39, 0.29) is 18.4 Å². The summed E-state index contributed by atoms with van der Waals surface area (Å²) in [5.41, 5.74) is 2.69. The summed E-state index contributed by atoms with van der Waals surface area (Å²) in [5.74, 6) is 0.451. The van der Waals surface area contributed by atoms with E-state index in [1.165, 1.54) is 12.3 Å². The maximum absolute atomic E-state index is 12.3. The Morgan fingerprint density at radius 3 is 2.92 bits per heavy atom. The second kappa shape index (κ2) is 6.75. The third-order valence-electron chi connectivity index (χ3n) is 4.40. The van der Waals surface area contributed by atoms with Crippen molar-refractivity contribution in [1.82, 2.24) is 0 Å². The van der Waals surface area contributed by atoms with Crippen LogP contribution in [0.25, 0.3) is 11.6 Å². The number of hydrogen-bond acceptors (Lipinski definition) is 6. The van der Waals surface area contributed by atoms with Gasteiger partial charge in [-0.15, -0.1) is 5.75 Å². The van der Waals surface area contributed by atoms with E-state index in [4.69, 9.17) is 9.47 Å². The quantitative estimate of drug-likeness (QED) is 0.809. The minimum atomic E-state index is -1.20. The summed E-state index contributed by atoms with van der Waals surface area (Å²) in [6.45, 7) is 1.42. The summed E-state index contributed by atoms with van der Waals surface area (Å²) in [4.78, 5) is 0.501. The van der Waals surface area contributed by atoms with Crippen molar-refractivity contribution in [3.63, 3.8) is 0 Å². The first-order valence-electron chi connectivity index (χ1n) is 8.22. The van der Waals surface area contributed by atoms with Crippen LogP contribution in [0, 0.1) is 0 Å². The lowest BCUT2D eigenvalue weighted by Crippen LogP contribution is -2.13. The molecule has 2 heterocycles. The van der Waals surface area contributed by atoms with E-state index in [9.17, 15) is 14.5 Å². The van der Waals surface area contributed by atoms with Crippen molar-refractivity contribution >= 4 is 28.1 Å². The van der Waals surface area contributed by atoms with Gasteiger partial charge in [0.25, 0.3) is 0 Å². The van der Waals surface area contributed by atoms with Crippen molar-refractivity contribution in [2.24, 2.45) is 0 Å². The first-order chi connectivity index (χ1) is 12.5. The summed E-state index contributed by atoms with van der Waals surface area (Å²) >= 11 is 0. The van der Waals surface area contributed by atoms with Crippen LogP contribution in [0.15, 0.2) is 41.3 Å². The highest BCUT2D eigenvalue weighted by atomic mass is 32.2. The molecule has 1 N–H and O–H groups in total. The Balaban J connectivity index is 1.71. The van der Waals surface area contributed by atoms with Crippen LogP contribution in [0.1, 0.15) is 11.1 Å². The molecular formula is C19H18NO5S-. The number of hydroxylamine groups is 1. The Hall–Kier alpha value is -2.35. The lowest BCUT2D eigenvalue weighted by Gasteiger charge is -2.14. The van der Waals surface area contributed by atoms with Crippen molar-refractivity contribution in [1.29, 1.82) is 0 Å². The fraction of sp³-hybridized carbons (Fsp3) is 0.263. The molecule has 1 saturated heterocycles. The van der Waals surface area contributed by atoms with Crippen LogP contribution < -0.4 is 14.9 Å². The summed E-state index contributed by atoms with van der Waals surface area (Å²) in [7, 11) is -1.20. The minimum Gasteiger partial charge on any atom is -0.872 e. The normalized spacial score (nSPS) is 20.9. The molecule has 6 nitrogen and oxygen atoms in total. The van der Waals surface area contributed by atoms with Gasteiger partial charge in [0.1, 0.15) is 18.5 Å². The van der Waals surface area contributed by atoms with Gasteiger partial charge in [0, 0.05) is 27.5 Å². The molecular weight excluding hydrogens is 354 g/mol. The standard InChI is InChI=1S/C19H19NO5S/c1-26(23)15-6-5-12(17(21)8-15)7-13-9-20(22)16-3-2-4-18(19(13)16)25-11-14-10-24-14/h2-8,14,21-22H,9-11H2,1H3/p-1. The van der Waals surface area contributed by atoms with Gasteiger partial charge in [-0.2, -0.15) is 0 Å². The number of nitrogens with zero attached hydrogens (tertiary/aromatic N) is 1. The maximum atomic E-state index is 12.3. The van der Waals surface area contributed by atoms with Gasteiger partial charge in [0.2, 0.25) is 0 Å². The molecule has 0 spiro atoms. The molecule has 2 atom stereocenters. The van der Waals surface area contributed by atoms with Crippen LogP contribution in [0.5, 0.6) is 11.5 Å². The van der Waals surface area contributed by atoms with Crippen LogP contribution >= 0.6 is 0 Å². The number of rotatable bonds is 5. The van der Waals surface area contributed by atoms with Gasteiger partial charge in [-0.3, -0.25) is 14.5 Å². The van der Waals surface area contributed by atoms with Gasteiger partial charge in [-0.1, -0.05) is 18.2 Å². The predicted molar refractivity (Wildman–Crippen MR) is 96.9 cm³/mol. The van der Waals surface area contributed by atoms with Gasteiger partial charge in [-0.25, -0.2) is 0 Å². The van der Waals surface area contributed by atoms with Crippen molar-refractivity contribution < 1.29 is 24.0 Å². The van der Waals surface area contributed by atoms with E-state index in [2.05, 4.69) is 0 Å². The highest BCUT2D eigenvalue weighted by molar-refractivity contribution is 7.84. The molecule has 7 heteroatoms. The molecule has 0 radical (unpaired) electrons. The van der Waals surface area contributed by atoms with Crippen LogP contribution in [0.2, 0.25) is 0 Å². The summed E-state index contributed by atoms with van der Waals surface area (Å²) in [6, 6.07) is 10.2. The SMILES string of the molecule is CS(=O)c1ccc(C=C2CN(O)c3cccc(OCC4CO4)c32)c([O-])c1. The van der Waals surface area contributed by atoms with E-state index < -0.39 is 10.8 Å². The van der Waals surface area contributed by atoms with Crippen LogP contribution in [-0.2, 0) is 15.5 Å². The van der Waals surface area contributed by atoms with Crippen molar-refractivity contribution in [2.75, 3.05) is 31.1 Å². The number of hydrogen-bond donors (Lipinski definition) is 1. The fourth-order valence-corrected chi connectivity index (χ4v) is 3.50. The Morgan fingerprint density at radius 1 is 1.42 bits per heavy atom. The highest BCUT2D eigenvalue weighted by Gasteiger charge is 2.28. The summed E-state index contributed by atoms with van der Waals surface area (Å²) in [5, 5.41) is 23.7. The maximum Gasteiger partial charge on any atom is 0.129 e. The molecule has 2 aliphatic heterocycles. The fourth-order valence-electron chi connectivity index (χ4n) is 2.97. The van der Waals surface area contributed by atoms with Crippen molar-refractivity contribution in [3.05, 3.63) is 47.5 Å². The third kappa shape index (κ3) is 3.33. The van der Waals surface area contributed by atoms with E-state index in [0.29, 0.717) is 35.1 Å². The van der Waals surface area contributed by atoms with Crippen LogP contribution in [0.3, 0.4) is 0 Å². The Morgan fingerprint density at radius 2 is 2.23 bits per heavy atom. The average molecular weight is 372 g/mol. The molecule has 1 fully saturated rings. The summed E-state index contributed by atoms with van der Waals surface area (Å²) < 4.78 is 22.5. The van der Waals surface area contributed by atoms with E-state index in [1.54, 1.807) is 24.3 Å². The van der Waals surface area contributed by atoms with Gasteiger partial charge in [0.05, 0.1) is 18.8 Å². The lowest BCUT2D eigenvalue weighted by molar-refractivity contribution is -0.268. The molecule has 4 rings (SSSR count). The van der Waals surface area contributed by atoms with E-state index in [1.807, 2.05) is 12.1 Å². The molecule has 0 amide bonds. The number of epoxide rings is 1. The number of benzene rings is 2. The third-order valence-corrected chi connectivity index (χ3v) is 5.32. The molecule has 2 unspecified atom stereocenters. The van der Waals surface area contributed by atoms with Gasteiger partial charge >= 0.3 is 0 Å². The molecule has 26 heavy (non-hydrogen) atoms. The van der Waals surface area contributed by atoms with Gasteiger partial charge in [-0.05, 0) is 35.4 Å². The molecule has 2 aromatic carbocycles. The smallest absolute Gasteiger partial charge is 0.129 e. The van der Waals surface area contributed by atoms with Crippen LogP contribution in [-0.4, -0.2) is 41.5 Å². The van der Waals surface area contributed by atoms with E-state index in [0.717, 1.165) is 16.2 Å². The first-order valence-corrected chi connectivity index (χ1v) is 9.78. The Kier molecular flexibility index (Phi) is 4.44. The molecule has 136 valence electrons. The lowest BCUT2D eigenvalue weighted by atomic mass is 10.0. The summed E-state index contributed by atoms with van der Waals surface area (Å²) in [6.07, 6.45) is 3.41. The second-order valence-corrected chi connectivity index (χ2v) is 7.68. The number of ether oxygens (including phenoxy) is 2. The van der Waals surface area contributed by atoms with Gasteiger partial charge < -0.3 is 14.6 Å². The molecule has 2 aliphatic rings. The Labute approximate surface area is 153 Å². The zero-order valence-corrected chi connectivity index (χ0v) is 15.0. The van der Waals surface area contributed by atoms with Crippen molar-refractivity contribution in [3.8, 4) is 11.5 Å². The minimum absolute atomic E-state index is 0.126. The molecule has 0 aliphatic carbocycles. The molecule has 0 aromatic heterocycles. The topological polar surface area (TPSA) is 85.4 Å². The first kappa shape index (κ1) is 17.1. The van der Waals surface area contributed by atoms with Crippen molar-refractivity contribution in [2.45, 2.75) is 11.0 Å². The molecule has 0 saturated carbocycles. The predicted octanol–water partition coefficient (Wildman–Crippen LogP) is 2.03. The van der Waals surface area contributed by atoms with Gasteiger partial charge in [0.15, 0.2) is 0 Å². The number of fused-ring (bicyclic) bond motifs is 1. The number of anilines is 1. The Bertz CT molecular complexity index is 907. The van der Waals surface area contributed by atoms with E-state index >= 15 is 0 Å². The molecule has 0 bridgehead atoms. The highest BCUT2D eigenvalue weighted by Crippen LogP contribution is 2.42. The van der Waals surface area contributed by atoms with Crippen LogP contribution in [0.4, 0.5) is 5.69 Å². The average Bonchev–Trinajstić information content (AvgIpc) is 3.39. The monoisotopic (exact) mass is 372 g/mol.